The summed E-state index contributed by atoms with van der Waals surface area (Å²) < 4.78 is 7.21. The van der Waals surface area contributed by atoms with E-state index in [1.807, 2.05) is 12.1 Å². The normalized spacial score (nSPS) is 13.3. The third-order valence-corrected chi connectivity index (χ3v) is 5.12. The number of halogens is 1. The van der Waals surface area contributed by atoms with Gasteiger partial charge in [-0.25, -0.2) is 0 Å². The molecule has 0 amide bonds. The summed E-state index contributed by atoms with van der Waals surface area (Å²) in [4.78, 5) is 0. The van der Waals surface area contributed by atoms with Gasteiger partial charge in [-0.3, -0.25) is 0 Å². The van der Waals surface area contributed by atoms with Gasteiger partial charge in [-0.2, -0.15) is 9.78 Å². The number of nitrogens with zero attached hydrogens (tertiary/aromatic N) is 4. The molecule has 2 heterocycles. The fourth-order valence-electron chi connectivity index (χ4n) is 2.64. The van der Waals surface area contributed by atoms with Crippen LogP contribution in [0.25, 0.3) is 11.4 Å². The Balaban J connectivity index is 1.82. The van der Waals surface area contributed by atoms with E-state index in [4.69, 9.17) is 21.4 Å². The fourth-order valence-corrected chi connectivity index (χ4v) is 3.65. The van der Waals surface area contributed by atoms with Crippen molar-refractivity contribution >= 4 is 29.1 Å². The first-order valence-corrected chi connectivity index (χ1v) is 9.09. The average molecular weight is 371 g/mol. The number of hydrogen-bond donors (Lipinski definition) is 0. The van der Waals surface area contributed by atoms with E-state index in [1.165, 1.54) is 5.56 Å². The lowest BCUT2D eigenvalue weighted by Crippen LogP contribution is -2.13. The number of aryl methyl sites for hydroxylation is 1. The van der Waals surface area contributed by atoms with Crippen LogP contribution in [0.15, 0.2) is 52.7 Å². The fraction of sp³-hybridized carbons (Fsp3) is 0.167. The van der Waals surface area contributed by atoms with Crippen LogP contribution in [-0.4, -0.2) is 33.4 Å². The van der Waals surface area contributed by atoms with Crippen molar-refractivity contribution < 1.29 is 4.74 Å². The van der Waals surface area contributed by atoms with Crippen LogP contribution in [0.3, 0.4) is 0 Å². The maximum Gasteiger partial charge on any atom is 0.212 e. The monoisotopic (exact) mass is 370 g/mol. The maximum atomic E-state index is 6.16. The van der Waals surface area contributed by atoms with E-state index in [0.717, 1.165) is 27.7 Å². The molecule has 3 aromatic rings. The molecular weight excluding hydrogens is 356 g/mol. The van der Waals surface area contributed by atoms with Gasteiger partial charge in [0.2, 0.25) is 5.16 Å². The molecule has 7 heteroatoms. The van der Waals surface area contributed by atoms with Gasteiger partial charge in [0.25, 0.3) is 0 Å². The highest BCUT2D eigenvalue weighted by molar-refractivity contribution is 7.99. The van der Waals surface area contributed by atoms with E-state index in [2.05, 4.69) is 41.4 Å². The van der Waals surface area contributed by atoms with Crippen molar-refractivity contribution in [1.82, 2.24) is 14.9 Å². The Hall–Kier alpha value is -2.31. The number of fused-ring (bicyclic) bond motifs is 1. The van der Waals surface area contributed by atoms with Crippen molar-refractivity contribution in [3.63, 3.8) is 0 Å². The summed E-state index contributed by atoms with van der Waals surface area (Å²) in [6.45, 7) is 2.07. The van der Waals surface area contributed by atoms with Gasteiger partial charge in [-0.05, 0) is 30.7 Å². The number of aromatic nitrogens is 3. The molecule has 0 bridgehead atoms. The lowest BCUT2D eigenvalue weighted by atomic mass is 10.1. The molecule has 126 valence electrons. The van der Waals surface area contributed by atoms with Crippen molar-refractivity contribution in [2.75, 3.05) is 12.9 Å². The van der Waals surface area contributed by atoms with Crippen molar-refractivity contribution in [3.05, 3.63) is 58.6 Å². The second kappa shape index (κ2) is 6.54. The molecule has 1 aliphatic heterocycles. The molecule has 0 saturated carbocycles. The van der Waals surface area contributed by atoms with E-state index in [1.54, 1.807) is 29.6 Å². The predicted octanol–water partition coefficient (Wildman–Crippen LogP) is 4.27. The number of benzene rings is 2. The average Bonchev–Trinajstić information content (AvgIpc) is 3.05. The number of methoxy groups -OCH3 is 1. The van der Waals surface area contributed by atoms with E-state index >= 15 is 0 Å². The van der Waals surface area contributed by atoms with Gasteiger partial charge in [-0.1, -0.05) is 53.2 Å². The summed E-state index contributed by atoms with van der Waals surface area (Å²) in [6.07, 6.45) is 0. The summed E-state index contributed by atoms with van der Waals surface area (Å²) in [5.41, 5.74) is 4.08. The quantitative estimate of drug-likeness (QED) is 0.690. The molecule has 0 radical (unpaired) electrons. The smallest absolute Gasteiger partial charge is 0.212 e. The standard InChI is InChI=1S/C18H15ClN4OS/c1-11-3-5-12(6-4-11)15-10-25-18-21-20-17(23(18)22-15)14-9-13(19)7-8-16(14)24-2/h3-9H,10H2,1-2H3. The zero-order valence-electron chi connectivity index (χ0n) is 13.7. The van der Waals surface area contributed by atoms with Gasteiger partial charge in [0.05, 0.1) is 18.4 Å². The summed E-state index contributed by atoms with van der Waals surface area (Å²) in [5, 5.41) is 14.7. The van der Waals surface area contributed by atoms with Gasteiger partial charge in [-0.15, -0.1) is 10.2 Å². The summed E-state index contributed by atoms with van der Waals surface area (Å²) in [7, 11) is 1.62. The number of ether oxygens (including phenoxy) is 1. The summed E-state index contributed by atoms with van der Waals surface area (Å²) in [6, 6.07) is 13.8. The zero-order valence-corrected chi connectivity index (χ0v) is 15.3. The molecule has 0 unspecified atom stereocenters. The SMILES string of the molecule is COc1ccc(Cl)cc1-c1nnc2n1N=C(c1ccc(C)cc1)CS2. The van der Waals surface area contributed by atoms with Crippen LogP contribution in [0.1, 0.15) is 11.1 Å². The first-order chi connectivity index (χ1) is 12.2. The second-order valence-electron chi connectivity index (χ2n) is 5.66. The van der Waals surface area contributed by atoms with Gasteiger partial charge >= 0.3 is 0 Å². The summed E-state index contributed by atoms with van der Waals surface area (Å²) >= 11 is 7.77. The van der Waals surface area contributed by atoms with Crippen LogP contribution in [0.2, 0.25) is 5.02 Å². The minimum atomic E-state index is 0.611. The molecule has 0 aliphatic carbocycles. The summed E-state index contributed by atoms with van der Waals surface area (Å²) in [5.74, 6) is 2.06. The first-order valence-electron chi connectivity index (χ1n) is 7.73. The second-order valence-corrected chi connectivity index (χ2v) is 7.04. The highest BCUT2D eigenvalue weighted by Gasteiger charge is 2.22. The minimum absolute atomic E-state index is 0.611. The van der Waals surface area contributed by atoms with Crippen molar-refractivity contribution in [1.29, 1.82) is 0 Å². The maximum absolute atomic E-state index is 6.16. The molecule has 0 fully saturated rings. The van der Waals surface area contributed by atoms with Crippen LogP contribution >= 0.6 is 23.4 Å². The molecule has 25 heavy (non-hydrogen) atoms. The molecule has 1 aromatic heterocycles. The minimum Gasteiger partial charge on any atom is -0.496 e. The lowest BCUT2D eigenvalue weighted by molar-refractivity contribution is 0.416. The van der Waals surface area contributed by atoms with E-state index in [-0.39, 0.29) is 0 Å². The molecule has 2 aromatic carbocycles. The van der Waals surface area contributed by atoms with Crippen LogP contribution in [0.4, 0.5) is 0 Å². The van der Waals surface area contributed by atoms with Crippen LogP contribution < -0.4 is 4.74 Å². The van der Waals surface area contributed by atoms with Crippen molar-refractivity contribution in [3.8, 4) is 17.1 Å². The van der Waals surface area contributed by atoms with E-state index < -0.39 is 0 Å². The number of hydrogen-bond acceptors (Lipinski definition) is 5. The molecule has 0 spiro atoms. The Morgan fingerprint density at radius 2 is 1.92 bits per heavy atom. The molecule has 0 N–H and O–H groups in total. The molecule has 1 aliphatic rings. The molecule has 0 atom stereocenters. The highest BCUT2D eigenvalue weighted by atomic mass is 35.5. The van der Waals surface area contributed by atoms with Crippen LogP contribution in [0, 0.1) is 6.92 Å². The third-order valence-electron chi connectivity index (χ3n) is 3.96. The van der Waals surface area contributed by atoms with Gasteiger partial charge in [0, 0.05) is 10.8 Å². The van der Waals surface area contributed by atoms with Crippen LogP contribution in [0.5, 0.6) is 5.75 Å². The Kier molecular flexibility index (Phi) is 4.23. The molecule has 0 saturated heterocycles. The number of thioether (sulfide) groups is 1. The van der Waals surface area contributed by atoms with E-state index in [9.17, 15) is 0 Å². The van der Waals surface area contributed by atoms with Gasteiger partial charge in [0.1, 0.15) is 5.75 Å². The topological polar surface area (TPSA) is 52.3 Å². The Bertz CT molecular complexity index is 966. The van der Waals surface area contributed by atoms with Crippen molar-refractivity contribution in [2.24, 2.45) is 5.10 Å². The third kappa shape index (κ3) is 3.03. The number of rotatable bonds is 3. The van der Waals surface area contributed by atoms with Crippen LogP contribution in [-0.2, 0) is 0 Å². The van der Waals surface area contributed by atoms with Gasteiger partial charge < -0.3 is 4.74 Å². The zero-order chi connectivity index (χ0) is 17.4. The largest absolute Gasteiger partial charge is 0.496 e. The Morgan fingerprint density at radius 1 is 1.12 bits per heavy atom. The lowest BCUT2D eigenvalue weighted by Gasteiger charge is -2.15. The van der Waals surface area contributed by atoms with Crippen molar-refractivity contribution in [2.45, 2.75) is 12.1 Å². The Labute approximate surface area is 154 Å². The highest BCUT2D eigenvalue weighted by Crippen LogP contribution is 2.34. The van der Waals surface area contributed by atoms with E-state index in [0.29, 0.717) is 16.6 Å². The molecule has 5 nitrogen and oxygen atoms in total. The van der Waals surface area contributed by atoms with Gasteiger partial charge in [0.15, 0.2) is 5.82 Å². The predicted molar refractivity (Wildman–Crippen MR) is 101 cm³/mol. The molecule has 4 rings (SSSR count). The molecular formula is C18H15ClN4OS. The Morgan fingerprint density at radius 3 is 2.68 bits per heavy atom. The first kappa shape index (κ1) is 16.2.